The zero-order chi connectivity index (χ0) is 23.7. The Morgan fingerprint density at radius 3 is 2.19 bits per heavy atom. The van der Waals surface area contributed by atoms with Crippen molar-refractivity contribution in [3.63, 3.8) is 0 Å². The number of carbonyl (C=O) groups is 3. The highest BCUT2D eigenvalue weighted by Crippen LogP contribution is 2.15. The molecule has 0 aliphatic carbocycles. The Labute approximate surface area is 188 Å². The number of amides is 2. The molecule has 0 unspecified atom stereocenters. The molecule has 0 heterocycles. The average molecular weight is 439 g/mol. The second-order valence-corrected chi connectivity index (χ2v) is 7.87. The van der Waals surface area contributed by atoms with E-state index in [1.807, 2.05) is 27.7 Å². The summed E-state index contributed by atoms with van der Waals surface area (Å²) < 4.78 is 5.43. The number of ether oxygens (including phenoxy) is 1. The van der Waals surface area contributed by atoms with Crippen LogP contribution < -0.4 is 15.4 Å². The quantitative estimate of drug-likeness (QED) is 0.490. The molecule has 0 aliphatic rings. The number of carboxylic acid groups (broad SMARTS) is 1. The molecule has 170 valence electrons. The van der Waals surface area contributed by atoms with Crippen LogP contribution in [0, 0.1) is 12.8 Å². The van der Waals surface area contributed by atoms with Gasteiger partial charge in [-0.2, -0.15) is 0 Å². The molecular weight excluding hydrogens is 408 g/mol. The third-order valence-corrected chi connectivity index (χ3v) is 4.62. The van der Waals surface area contributed by atoms with Gasteiger partial charge in [-0.25, -0.2) is 4.79 Å². The first kappa shape index (κ1) is 24.7. The van der Waals surface area contributed by atoms with Crippen LogP contribution in [0.2, 0.25) is 0 Å². The van der Waals surface area contributed by atoms with E-state index in [0.717, 1.165) is 5.56 Å². The van der Waals surface area contributed by atoms with Gasteiger partial charge in [0.2, 0.25) is 0 Å². The number of hydrogen-bond donors (Lipinski definition) is 3. The second kappa shape index (κ2) is 11.7. The zero-order valence-corrected chi connectivity index (χ0v) is 18.8. The van der Waals surface area contributed by atoms with Crippen LogP contribution in [-0.4, -0.2) is 35.5 Å². The molecule has 7 nitrogen and oxygen atoms in total. The van der Waals surface area contributed by atoms with Crippen LogP contribution in [0.4, 0.5) is 0 Å². The highest BCUT2D eigenvalue weighted by atomic mass is 16.5. The monoisotopic (exact) mass is 438 g/mol. The predicted octanol–water partition coefficient (Wildman–Crippen LogP) is 3.78. The molecule has 0 saturated carbocycles. The van der Waals surface area contributed by atoms with Crippen LogP contribution in [0.25, 0.3) is 6.08 Å². The van der Waals surface area contributed by atoms with Crippen molar-refractivity contribution >= 4 is 23.9 Å². The van der Waals surface area contributed by atoms with Gasteiger partial charge in [0, 0.05) is 5.56 Å². The lowest BCUT2D eigenvalue weighted by Gasteiger charge is -2.18. The molecule has 2 aromatic carbocycles. The van der Waals surface area contributed by atoms with Crippen molar-refractivity contribution in [1.29, 1.82) is 0 Å². The fourth-order valence-corrected chi connectivity index (χ4v) is 2.98. The van der Waals surface area contributed by atoms with Crippen molar-refractivity contribution < 1.29 is 24.2 Å². The minimum absolute atomic E-state index is 0.0465. The van der Waals surface area contributed by atoms with Gasteiger partial charge in [0.1, 0.15) is 17.5 Å². The molecule has 7 heteroatoms. The zero-order valence-electron chi connectivity index (χ0n) is 18.8. The summed E-state index contributed by atoms with van der Waals surface area (Å²) >= 11 is 0. The van der Waals surface area contributed by atoms with Gasteiger partial charge in [-0.1, -0.05) is 43.7 Å². The van der Waals surface area contributed by atoms with Gasteiger partial charge in [0.05, 0.1) is 6.61 Å². The van der Waals surface area contributed by atoms with Crippen LogP contribution in [0.3, 0.4) is 0 Å². The molecule has 0 fully saturated rings. The van der Waals surface area contributed by atoms with E-state index in [9.17, 15) is 19.5 Å². The molecule has 0 aliphatic heterocycles. The van der Waals surface area contributed by atoms with Crippen molar-refractivity contribution in [3.05, 3.63) is 70.9 Å². The Morgan fingerprint density at radius 2 is 1.66 bits per heavy atom. The van der Waals surface area contributed by atoms with Crippen molar-refractivity contribution in [2.24, 2.45) is 5.92 Å². The first-order valence-electron chi connectivity index (χ1n) is 10.6. The Balaban J connectivity index is 2.32. The Bertz CT molecular complexity index is 963. The van der Waals surface area contributed by atoms with Gasteiger partial charge in [-0.15, -0.1) is 0 Å². The minimum Gasteiger partial charge on any atom is -0.494 e. The number of aryl methyl sites for hydroxylation is 1. The van der Waals surface area contributed by atoms with Crippen LogP contribution in [0.1, 0.15) is 48.7 Å². The number of hydrogen-bond acceptors (Lipinski definition) is 4. The number of rotatable bonds is 10. The van der Waals surface area contributed by atoms with Gasteiger partial charge in [0.25, 0.3) is 11.8 Å². The Morgan fingerprint density at radius 1 is 1.03 bits per heavy atom. The largest absolute Gasteiger partial charge is 0.494 e. The summed E-state index contributed by atoms with van der Waals surface area (Å²) in [5.41, 5.74) is 1.99. The van der Waals surface area contributed by atoms with Crippen LogP contribution >= 0.6 is 0 Å². The first-order chi connectivity index (χ1) is 15.2. The predicted molar refractivity (Wildman–Crippen MR) is 123 cm³/mol. The summed E-state index contributed by atoms with van der Waals surface area (Å²) in [5, 5.41) is 14.6. The van der Waals surface area contributed by atoms with E-state index in [0.29, 0.717) is 23.5 Å². The molecule has 3 N–H and O–H groups in total. The SMILES string of the molecule is CCOc1ccc(/C=C(\NC(=O)c2ccc(C)cc2)C(=O)N[C@H](CC(C)C)C(=O)O)cc1. The molecular formula is C25H30N2O5. The van der Waals surface area contributed by atoms with Crippen LogP contribution in [-0.2, 0) is 9.59 Å². The lowest BCUT2D eigenvalue weighted by molar-refractivity contribution is -0.141. The highest BCUT2D eigenvalue weighted by Gasteiger charge is 2.24. The van der Waals surface area contributed by atoms with E-state index in [4.69, 9.17) is 4.74 Å². The maximum Gasteiger partial charge on any atom is 0.326 e. The number of aliphatic carboxylic acids is 1. The molecule has 2 aromatic rings. The van der Waals surface area contributed by atoms with Gasteiger partial charge < -0.3 is 20.5 Å². The summed E-state index contributed by atoms with van der Waals surface area (Å²) in [7, 11) is 0. The van der Waals surface area contributed by atoms with E-state index in [1.165, 1.54) is 6.08 Å². The van der Waals surface area contributed by atoms with E-state index in [2.05, 4.69) is 10.6 Å². The molecule has 0 radical (unpaired) electrons. The fourth-order valence-electron chi connectivity index (χ4n) is 2.98. The van der Waals surface area contributed by atoms with Crippen molar-refractivity contribution in [2.45, 2.75) is 40.2 Å². The number of benzene rings is 2. The van der Waals surface area contributed by atoms with Crippen LogP contribution in [0.5, 0.6) is 5.75 Å². The van der Waals surface area contributed by atoms with E-state index < -0.39 is 23.8 Å². The lowest BCUT2D eigenvalue weighted by Crippen LogP contribution is -2.45. The summed E-state index contributed by atoms with van der Waals surface area (Å²) in [4.78, 5) is 37.3. The molecule has 1 atom stereocenters. The summed E-state index contributed by atoms with van der Waals surface area (Å²) in [6.07, 6.45) is 1.77. The smallest absolute Gasteiger partial charge is 0.326 e. The van der Waals surface area contributed by atoms with E-state index in [-0.39, 0.29) is 18.0 Å². The van der Waals surface area contributed by atoms with Gasteiger partial charge in [-0.3, -0.25) is 9.59 Å². The highest BCUT2D eigenvalue weighted by molar-refractivity contribution is 6.06. The normalized spacial score (nSPS) is 12.2. The molecule has 0 aromatic heterocycles. The number of nitrogens with one attached hydrogen (secondary N) is 2. The molecule has 0 bridgehead atoms. The van der Waals surface area contributed by atoms with Crippen molar-refractivity contribution in [1.82, 2.24) is 10.6 Å². The summed E-state index contributed by atoms with van der Waals surface area (Å²) in [5.74, 6) is -1.52. The Hall–Kier alpha value is -3.61. The summed E-state index contributed by atoms with van der Waals surface area (Å²) in [6.45, 7) is 8.07. The lowest BCUT2D eigenvalue weighted by atomic mass is 10.0. The van der Waals surface area contributed by atoms with Crippen molar-refractivity contribution in [3.8, 4) is 5.75 Å². The van der Waals surface area contributed by atoms with Gasteiger partial charge >= 0.3 is 5.97 Å². The standard InChI is InChI=1S/C25H30N2O5/c1-5-32-20-12-8-18(9-13-20)15-21(24(29)27-22(25(30)31)14-16(2)3)26-23(28)19-10-6-17(4)7-11-19/h6-13,15-16,22H,5,14H2,1-4H3,(H,26,28)(H,27,29)(H,30,31)/b21-15-/t22-/m1/s1. The number of carboxylic acids is 1. The number of carbonyl (C=O) groups excluding carboxylic acids is 2. The van der Waals surface area contributed by atoms with Gasteiger partial charge in [-0.05, 0) is 62.1 Å². The minimum atomic E-state index is -1.13. The maximum absolute atomic E-state index is 13.0. The average Bonchev–Trinajstić information content (AvgIpc) is 2.74. The van der Waals surface area contributed by atoms with E-state index in [1.54, 1.807) is 48.5 Å². The molecule has 0 saturated heterocycles. The van der Waals surface area contributed by atoms with Crippen LogP contribution in [0.15, 0.2) is 54.2 Å². The third kappa shape index (κ3) is 7.58. The summed E-state index contributed by atoms with van der Waals surface area (Å²) in [6, 6.07) is 12.9. The second-order valence-electron chi connectivity index (χ2n) is 7.87. The molecule has 32 heavy (non-hydrogen) atoms. The Kier molecular flexibility index (Phi) is 9.01. The molecule has 2 rings (SSSR count). The topological polar surface area (TPSA) is 105 Å². The maximum atomic E-state index is 13.0. The van der Waals surface area contributed by atoms with E-state index >= 15 is 0 Å². The fraction of sp³-hybridized carbons (Fsp3) is 0.320. The molecule has 2 amide bonds. The first-order valence-corrected chi connectivity index (χ1v) is 10.6. The third-order valence-electron chi connectivity index (χ3n) is 4.62. The molecule has 0 spiro atoms. The van der Waals surface area contributed by atoms with Crippen molar-refractivity contribution in [2.75, 3.05) is 6.61 Å². The van der Waals surface area contributed by atoms with Gasteiger partial charge in [0.15, 0.2) is 0 Å².